The van der Waals surface area contributed by atoms with E-state index >= 15 is 0 Å². The normalized spacial score (nSPS) is 52.8. The molecular formula is C11H18O. The molecule has 1 N–H and O–H groups in total. The van der Waals surface area contributed by atoms with Crippen LogP contribution in [0.5, 0.6) is 0 Å². The van der Waals surface area contributed by atoms with Crippen LogP contribution in [0.3, 0.4) is 0 Å². The first-order valence-electron chi connectivity index (χ1n) is 5.56. The summed E-state index contributed by atoms with van der Waals surface area (Å²) in [5.74, 6) is 2.14. The van der Waals surface area contributed by atoms with Gasteiger partial charge in [0.2, 0.25) is 0 Å². The minimum Gasteiger partial charge on any atom is -0.389 e. The maximum atomic E-state index is 10.4. The van der Waals surface area contributed by atoms with Crippen LogP contribution in [0.25, 0.3) is 0 Å². The second-order valence-corrected chi connectivity index (χ2v) is 5.01. The Morgan fingerprint density at radius 2 is 1.42 bits per heavy atom. The topological polar surface area (TPSA) is 20.2 Å². The van der Waals surface area contributed by atoms with E-state index in [0.717, 1.165) is 11.8 Å². The van der Waals surface area contributed by atoms with Gasteiger partial charge in [0, 0.05) is 0 Å². The molecule has 3 fully saturated rings. The molecule has 12 heavy (non-hydrogen) atoms. The number of hydrogen-bond donors (Lipinski definition) is 1. The Labute approximate surface area is 74.2 Å². The zero-order valence-corrected chi connectivity index (χ0v) is 7.63. The summed E-state index contributed by atoms with van der Waals surface area (Å²) in [6, 6.07) is 0. The Balaban J connectivity index is 1.75. The molecule has 1 nitrogen and oxygen atoms in total. The zero-order chi connectivity index (χ0) is 8.18. The first-order valence-corrected chi connectivity index (χ1v) is 5.56. The Hall–Kier alpha value is -0.0400. The third-order valence-corrected chi connectivity index (χ3v) is 4.60. The van der Waals surface area contributed by atoms with E-state index in [1.807, 2.05) is 0 Å². The molecule has 2 atom stereocenters. The summed E-state index contributed by atoms with van der Waals surface area (Å²) >= 11 is 0. The van der Waals surface area contributed by atoms with Crippen molar-refractivity contribution in [1.82, 2.24) is 0 Å². The molecule has 0 spiro atoms. The standard InChI is InChI=1S/C11H18O/c12-11(8-4-3-5-8)9-6-1-2-7-10(9)11/h8-10,12H,1-7H2. The van der Waals surface area contributed by atoms with Crippen molar-refractivity contribution in [1.29, 1.82) is 0 Å². The molecule has 3 rings (SSSR count). The van der Waals surface area contributed by atoms with Crippen molar-refractivity contribution in [3.8, 4) is 0 Å². The molecule has 0 aromatic carbocycles. The van der Waals surface area contributed by atoms with E-state index in [-0.39, 0.29) is 5.60 Å². The third-order valence-electron chi connectivity index (χ3n) is 4.60. The molecule has 68 valence electrons. The summed E-state index contributed by atoms with van der Waals surface area (Å²) in [5.41, 5.74) is -0.158. The Morgan fingerprint density at radius 3 is 1.83 bits per heavy atom. The second kappa shape index (κ2) is 2.25. The zero-order valence-electron chi connectivity index (χ0n) is 7.63. The van der Waals surface area contributed by atoms with Gasteiger partial charge in [-0.25, -0.2) is 0 Å². The van der Waals surface area contributed by atoms with Crippen LogP contribution in [0.4, 0.5) is 0 Å². The van der Waals surface area contributed by atoms with Crippen molar-refractivity contribution in [2.45, 2.75) is 50.5 Å². The van der Waals surface area contributed by atoms with E-state index in [9.17, 15) is 5.11 Å². The van der Waals surface area contributed by atoms with Crippen molar-refractivity contribution in [3.63, 3.8) is 0 Å². The number of fused-ring (bicyclic) bond motifs is 1. The van der Waals surface area contributed by atoms with Gasteiger partial charge >= 0.3 is 0 Å². The summed E-state index contributed by atoms with van der Waals surface area (Å²) in [6.45, 7) is 0. The first-order chi connectivity index (χ1) is 5.83. The monoisotopic (exact) mass is 166 g/mol. The third kappa shape index (κ3) is 0.736. The molecular weight excluding hydrogens is 148 g/mol. The molecule has 1 heteroatoms. The van der Waals surface area contributed by atoms with Gasteiger partial charge in [-0.2, -0.15) is 0 Å². The van der Waals surface area contributed by atoms with Gasteiger partial charge in [0.15, 0.2) is 0 Å². The van der Waals surface area contributed by atoms with Crippen LogP contribution >= 0.6 is 0 Å². The summed E-state index contributed by atoms with van der Waals surface area (Å²) in [6.07, 6.45) is 9.36. The molecule has 0 aromatic rings. The molecule has 2 unspecified atom stereocenters. The lowest BCUT2D eigenvalue weighted by atomic mass is 9.78. The van der Waals surface area contributed by atoms with E-state index in [2.05, 4.69) is 0 Å². The number of aliphatic hydroxyl groups is 1. The number of hydrogen-bond acceptors (Lipinski definition) is 1. The molecule has 0 heterocycles. The van der Waals surface area contributed by atoms with Crippen LogP contribution in [0, 0.1) is 17.8 Å². The van der Waals surface area contributed by atoms with E-state index in [4.69, 9.17) is 0 Å². The maximum absolute atomic E-state index is 10.4. The van der Waals surface area contributed by atoms with E-state index in [1.165, 1.54) is 44.9 Å². The lowest BCUT2D eigenvalue weighted by Gasteiger charge is -2.32. The molecule has 0 amide bonds. The average Bonchev–Trinajstić information content (AvgIpc) is 2.56. The molecule has 0 radical (unpaired) electrons. The number of rotatable bonds is 1. The van der Waals surface area contributed by atoms with Gasteiger partial charge in [-0.05, 0) is 43.4 Å². The Kier molecular flexibility index (Phi) is 1.39. The van der Waals surface area contributed by atoms with Gasteiger partial charge in [-0.3, -0.25) is 0 Å². The Morgan fingerprint density at radius 1 is 0.833 bits per heavy atom. The van der Waals surface area contributed by atoms with E-state index in [0.29, 0.717) is 5.92 Å². The minimum absolute atomic E-state index is 0.158. The molecule has 0 saturated heterocycles. The van der Waals surface area contributed by atoms with Crippen molar-refractivity contribution in [2.75, 3.05) is 0 Å². The fraction of sp³-hybridized carbons (Fsp3) is 1.00. The highest BCUT2D eigenvalue weighted by Crippen LogP contribution is 2.65. The smallest absolute Gasteiger partial charge is 0.0739 e. The molecule has 0 aliphatic heterocycles. The van der Waals surface area contributed by atoms with Gasteiger partial charge in [0.05, 0.1) is 5.60 Å². The van der Waals surface area contributed by atoms with Crippen LogP contribution in [0.1, 0.15) is 44.9 Å². The minimum atomic E-state index is -0.158. The summed E-state index contributed by atoms with van der Waals surface area (Å²) in [4.78, 5) is 0. The van der Waals surface area contributed by atoms with E-state index in [1.54, 1.807) is 0 Å². The second-order valence-electron chi connectivity index (χ2n) is 5.01. The SMILES string of the molecule is OC1(C2CCC2)C2CCCCC21. The van der Waals surface area contributed by atoms with Gasteiger partial charge in [-0.15, -0.1) is 0 Å². The summed E-state index contributed by atoms with van der Waals surface area (Å²) in [5, 5.41) is 10.4. The average molecular weight is 166 g/mol. The van der Waals surface area contributed by atoms with Crippen molar-refractivity contribution in [2.24, 2.45) is 17.8 Å². The van der Waals surface area contributed by atoms with Crippen molar-refractivity contribution in [3.05, 3.63) is 0 Å². The molecule has 0 aromatic heterocycles. The van der Waals surface area contributed by atoms with Crippen LogP contribution in [-0.4, -0.2) is 10.7 Å². The highest BCUT2D eigenvalue weighted by molar-refractivity contribution is 5.17. The Bertz CT molecular complexity index is 183. The lowest BCUT2D eigenvalue weighted by molar-refractivity contribution is 0.0142. The fourth-order valence-electron chi connectivity index (χ4n) is 3.62. The highest BCUT2D eigenvalue weighted by atomic mass is 16.3. The predicted molar refractivity (Wildman–Crippen MR) is 47.7 cm³/mol. The molecule has 3 aliphatic rings. The molecule has 0 bridgehead atoms. The fourth-order valence-corrected chi connectivity index (χ4v) is 3.62. The van der Waals surface area contributed by atoms with Crippen LogP contribution in [-0.2, 0) is 0 Å². The summed E-state index contributed by atoms with van der Waals surface area (Å²) in [7, 11) is 0. The quantitative estimate of drug-likeness (QED) is 0.634. The predicted octanol–water partition coefficient (Wildman–Crippen LogP) is 2.34. The molecule has 3 saturated carbocycles. The summed E-state index contributed by atoms with van der Waals surface area (Å²) < 4.78 is 0. The molecule has 3 aliphatic carbocycles. The first kappa shape index (κ1) is 7.37. The van der Waals surface area contributed by atoms with Gasteiger partial charge in [-0.1, -0.05) is 19.3 Å². The highest BCUT2D eigenvalue weighted by Gasteiger charge is 2.67. The van der Waals surface area contributed by atoms with Gasteiger partial charge < -0.3 is 5.11 Å². The van der Waals surface area contributed by atoms with Crippen LogP contribution in [0.15, 0.2) is 0 Å². The van der Waals surface area contributed by atoms with Gasteiger partial charge in [0.1, 0.15) is 0 Å². The van der Waals surface area contributed by atoms with Crippen molar-refractivity contribution >= 4 is 0 Å². The van der Waals surface area contributed by atoms with Gasteiger partial charge in [0.25, 0.3) is 0 Å². The van der Waals surface area contributed by atoms with Crippen molar-refractivity contribution < 1.29 is 5.11 Å². The maximum Gasteiger partial charge on any atom is 0.0739 e. The van der Waals surface area contributed by atoms with E-state index < -0.39 is 0 Å². The lowest BCUT2D eigenvalue weighted by Crippen LogP contribution is -2.31. The van der Waals surface area contributed by atoms with Crippen LogP contribution in [0.2, 0.25) is 0 Å². The van der Waals surface area contributed by atoms with Crippen LogP contribution < -0.4 is 0 Å². The largest absolute Gasteiger partial charge is 0.389 e.